The van der Waals surface area contributed by atoms with Crippen LogP contribution in [0.5, 0.6) is 0 Å². The van der Waals surface area contributed by atoms with Crippen molar-refractivity contribution in [2.45, 2.75) is 57.4 Å². The Kier molecular flexibility index (Phi) is 6.72. The lowest BCUT2D eigenvalue weighted by Gasteiger charge is -2.31. The zero-order chi connectivity index (χ0) is 21.9. The summed E-state index contributed by atoms with van der Waals surface area (Å²) >= 11 is 0. The maximum atomic E-state index is 12.9. The minimum atomic E-state index is -3.67. The molecule has 1 aliphatic rings. The number of aryl methyl sites for hydroxylation is 3. The number of hydrogen-bond donors (Lipinski definition) is 1. The SMILES string of the molecule is Cc1ccc(C(=O)CCC(=O)NC2CCN(S(=O)(=O)c3c(C)noc3C)CC2)cc1. The number of benzene rings is 1. The molecule has 1 aliphatic heterocycles. The molecule has 1 aromatic carbocycles. The molecule has 1 fully saturated rings. The monoisotopic (exact) mass is 433 g/mol. The van der Waals surface area contributed by atoms with Crippen LogP contribution in [0.2, 0.25) is 0 Å². The third-order valence-electron chi connectivity index (χ3n) is 5.34. The van der Waals surface area contributed by atoms with Gasteiger partial charge in [0.2, 0.25) is 15.9 Å². The zero-order valence-electron chi connectivity index (χ0n) is 17.5. The first-order valence-electron chi connectivity index (χ1n) is 10.0. The number of hydrogen-bond acceptors (Lipinski definition) is 6. The Morgan fingerprint density at radius 2 is 1.73 bits per heavy atom. The first kappa shape index (κ1) is 22.2. The van der Waals surface area contributed by atoms with E-state index in [0.717, 1.165) is 5.56 Å². The van der Waals surface area contributed by atoms with Gasteiger partial charge in [-0.25, -0.2) is 8.42 Å². The van der Waals surface area contributed by atoms with Crippen molar-refractivity contribution in [2.75, 3.05) is 13.1 Å². The average Bonchev–Trinajstić information content (AvgIpc) is 3.06. The number of nitrogens with one attached hydrogen (secondary N) is 1. The predicted octanol–water partition coefficient (Wildman–Crippen LogP) is 2.53. The average molecular weight is 434 g/mol. The van der Waals surface area contributed by atoms with Crippen LogP contribution in [0.3, 0.4) is 0 Å². The molecule has 3 rings (SSSR count). The number of carbonyl (C=O) groups excluding carboxylic acids is 2. The third-order valence-corrected chi connectivity index (χ3v) is 7.48. The van der Waals surface area contributed by atoms with Crippen LogP contribution in [0.4, 0.5) is 0 Å². The quantitative estimate of drug-likeness (QED) is 0.672. The van der Waals surface area contributed by atoms with Crippen LogP contribution in [-0.2, 0) is 14.8 Å². The van der Waals surface area contributed by atoms with E-state index in [1.165, 1.54) is 4.31 Å². The lowest BCUT2D eigenvalue weighted by Crippen LogP contribution is -2.46. The number of aromatic nitrogens is 1. The molecule has 0 aliphatic carbocycles. The van der Waals surface area contributed by atoms with Gasteiger partial charge in [-0.3, -0.25) is 9.59 Å². The lowest BCUT2D eigenvalue weighted by molar-refractivity contribution is -0.122. The highest BCUT2D eigenvalue weighted by Crippen LogP contribution is 2.26. The number of carbonyl (C=O) groups is 2. The van der Waals surface area contributed by atoms with E-state index >= 15 is 0 Å². The van der Waals surface area contributed by atoms with E-state index in [9.17, 15) is 18.0 Å². The molecule has 8 nitrogen and oxygen atoms in total. The summed E-state index contributed by atoms with van der Waals surface area (Å²) in [6, 6.07) is 7.17. The number of nitrogens with zero attached hydrogens (tertiary/aromatic N) is 2. The van der Waals surface area contributed by atoms with E-state index < -0.39 is 10.0 Å². The molecule has 1 aromatic heterocycles. The zero-order valence-corrected chi connectivity index (χ0v) is 18.3. The maximum Gasteiger partial charge on any atom is 0.248 e. The smallest absolute Gasteiger partial charge is 0.248 e. The predicted molar refractivity (Wildman–Crippen MR) is 111 cm³/mol. The summed E-state index contributed by atoms with van der Waals surface area (Å²) in [6.07, 6.45) is 1.29. The van der Waals surface area contributed by atoms with E-state index in [4.69, 9.17) is 4.52 Å². The number of piperidine rings is 1. The molecule has 162 valence electrons. The van der Waals surface area contributed by atoms with E-state index in [1.54, 1.807) is 26.0 Å². The van der Waals surface area contributed by atoms with Gasteiger partial charge >= 0.3 is 0 Å². The fourth-order valence-electron chi connectivity index (χ4n) is 3.62. The summed E-state index contributed by atoms with van der Waals surface area (Å²) in [4.78, 5) is 24.6. The highest BCUT2D eigenvalue weighted by Gasteiger charge is 2.34. The number of sulfonamides is 1. The van der Waals surface area contributed by atoms with E-state index in [1.807, 2.05) is 19.1 Å². The summed E-state index contributed by atoms with van der Waals surface area (Å²) < 4.78 is 32.1. The van der Waals surface area contributed by atoms with Gasteiger partial charge in [0.1, 0.15) is 10.6 Å². The maximum absolute atomic E-state index is 12.9. The van der Waals surface area contributed by atoms with Crippen molar-refractivity contribution in [1.82, 2.24) is 14.8 Å². The molecule has 0 bridgehead atoms. The Balaban J connectivity index is 1.48. The molecule has 0 spiro atoms. The fraction of sp³-hybridized carbons (Fsp3) is 0.476. The summed E-state index contributed by atoms with van der Waals surface area (Å²) in [6.45, 7) is 5.75. The molecule has 1 saturated heterocycles. The van der Waals surface area contributed by atoms with Crippen LogP contribution in [0, 0.1) is 20.8 Å². The lowest BCUT2D eigenvalue weighted by atomic mass is 10.0. The number of Topliss-reactive ketones (excluding diaryl/α,β-unsaturated/α-hetero) is 1. The molecule has 1 amide bonds. The normalized spacial score (nSPS) is 15.8. The van der Waals surface area contributed by atoms with Crippen molar-refractivity contribution >= 4 is 21.7 Å². The Bertz CT molecular complexity index is 1000. The molecule has 0 atom stereocenters. The van der Waals surface area contributed by atoms with Crippen LogP contribution >= 0.6 is 0 Å². The van der Waals surface area contributed by atoms with Gasteiger partial charge in [-0.1, -0.05) is 35.0 Å². The second-order valence-corrected chi connectivity index (χ2v) is 9.56. The molecule has 2 heterocycles. The Morgan fingerprint density at radius 1 is 1.10 bits per heavy atom. The number of rotatable bonds is 7. The van der Waals surface area contributed by atoms with Crippen molar-refractivity contribution in [2.24, 2.45) is 0 Å². The van der Waals surface area contributed by atoms with E-state index in [0.29, 0.717) is 37.2 Å². The summed E-state index contributed by atoms with van der Waals surface area (Å²) in [5, 5.41) is 6.65. The van der Waals surface area contributed by atoms with Gasteiger partial charge in [-0.05, 0) is 33.6 Å². The van der Waals surface area contributed by atoms with Gasteiger partial charge in [0.15, 0.2) is 11.5 Å². The van der Waals surface area contributed by atoms with E-state index in [-0.39, 0.29) is 41.2 Å². The Labute approximate surface area is 176 Å². The van der Waals surface area contributed by atoms with Gasteiger partial charge in [-0.15, -0.1) is 0 Å². The highest BCUT2D eigenvalue weighted by atomic mass is 32.2. The van der Waals surface area contributed by atoms with Gasteiger partial charge in [-0.2, -0.15) is 4.31 Å². The second kappa shape index (κ2) is 9.09. The van der Waals surface area contributed by atoms with Gasteiger partial charge in [0, 0.05) is 37.5 Å². The summed E-state index contributed by atoms with van der Waals surface area (Å²) in [5.74, 6) is 0.0224. The van der Waals surface area contributed by atoms with Crippen LogP contribution in [0.15, 0.2) is 33.7 Å². The molecule has 9 heteroatoms. The third kappa shape index (κ3) is 4.96. The molecule has 2 aromatic rings. The standard InChI is InChI=1S/C21H27N3O5S/c1-14-4-6-17(7-5-14)19(25)8-9-20(26)22-18-10-12-24(13-11-18)30(27,28)21-15(2)23-29-16(21)3/h4-7,18H,8-13H2,1-3H3,(H,22,26). The summed E-state index contributed by atoms with van der Waals surface area (Å²) in [5.41, 5.74) is 2.03. The molecular weight excluding hydrogens is 406 g/mol. The molecule has 0 saturated carbocycles. The second-order valence-electron chi connectivity index (χ2n) is 7.69. The van der Waals surface area contributed by atoms with Crippen molar-refractivity contribution in [3.05, 3.63) is 46.8 Å². The number of ketones is 1. The minimum Gasteiger partial charge on any atom is -0.360 e. The molecule has 0 radical (unpaired) electrons. The molecule has 1 N–H and O–H groups in total. The van der Waals surface area contributed by atoms with Crippen molar-refractivity contribution < 1.29 is 22.5 Å². The summed E-state index contributed by atoms with van der Waals surface area (Å²) in [7, 11) is -3.67. The fourth-order valence-corrected chi connectivity index (χ4v) is 5.38. The van der Waals surface area contributed by atoms with Crippen molar-refractivity contribution in [1.29, 1.82) is 0 Å². The van der Waals surface area contributed by atoms with Crippen LogP contribution in [-0.4, -0.2) is 48.7 Å². The largest absolute Gasteiger partial charge is 0.360 e. The molecule has 0 unspecified atom stereocenters. The van der Waals surface area contributed by atoms with Crippen molar-refractivity contribution in [3.8, 4) is 0 Å². The van der Waals surface area contributed by atoms with Gasteiger partial charge in [0.25, 0.3) is 0 Å². The van der Waals surface area contributed by atoms with Gasteiger partial charge in [0.05, 0.1) is 0 Å². The van der Waals surface area contributed by atoms with E-state index in [2.05, 4.69) is 10.5 Å². The number of amides is 1. The topological polar surface area (TPSA) is 110 Å². The highest BCUT2D eigenvalue weighted by molar-refractivity contribution is 7.89. The van der Waals surface area contributed by atoms with Crippen LogP contribution in [0.1, 0.15) is 53.1 Å². The Hall–Kier alpha value is -2.52. The van der Waals surface area contributed by atoms with Crippen LogP contribution in [0.25, 0.3) is 0 Å². The van der Waals surface area contributed by atoms with Crippen molar-refractivity contribution in [3.63, 3.8) is 0 Å². The first-order chi connectivity index (χ1) is 14.2. The molecular formula is C21H27N3O5S. The first-order valence-corrected chi connectivity index (χ1v) is 11.4. The van der Waals surface area contributed by atoms with Crippen LogP contribution < -0.4 is 5.32 Å². The minimum absolute atomic E-state index is 0.0643. The van der Waals surface area contributed by atoms with Gasteiger partial charge < -0.3 is 9.84 Å². The molecule has 30 heavy (non-hydrogen) atoms. The Morgan fingerprint density at radius 3 is 2.30 bits per heavy atom.